The Morgan fingerprint density at radius 1 is 1.10 bits per heavy atom. The average Bonchev–Trinajstić information content (AvgIpc) is 3.26. The van der Waals surface area contributed by atoms with E-state index < -0.39 is 10.0 Å². The van der Waals surface area contributed by atoms with Gasteiger partial charge in [-0.3, -0.25) is 14.5 Å². The Hall–Kier alpha value is -2.27. The van der Waals surface area contributed by atoms with Crippen molar-refractivity contribution < 1.29 is 18.0 Å². The van der Waals surface area contributed by atoms with Crippen LogP contribution in [0.5, 0.6) is 0 Å². The minimum Gasteiger partial charge on any atom is -0.353 e. The monoisotopic (exact) mass is 464 g/mol. The van der Waals surface area contributed by atoms with Gasteiger partial charge in [0, 0.05) is 49.2 Å². The van der Waals surface area contributed by atoms with Crippen LogP contribution in [0.4, 0.5) is 0 Å². The number of rotatable bonds is 8. The van der Waals surface area contributed by atoms with Crippen LogP contribution in [0.3, 0.4) is 0 Å². The van der Waals surface area contributed by atoms with Crippen LogP contribution in [0.2, 0.25) is 0 Å². The number of amides is 2. The molecule has 2 amide bonds. The van der Waals surface area contributed by atoms with Crippen LogP contribution in [-0.2, 0) is 21.4 Å². The standard InChI is InChI=1S/C21H28N4O4S2/c1-16(2)23-20(26)15-24-8-10-25(11-9-24)21(27)17-5-3-7-19(13-17)31(28,29)22-14-18-6-4-12-30-18/h3-7,12-13,16,22H,8-11,14-15H2,1-2H3,(H,23,26). The molecule has 0 unspecified atom stereocenters. The molecule has 0 radical (unpaired) electrons. The number of benzene rings is 1. The maximum Gasteiger partial charge on any atom is 0.253 e. The van der Waals surface area contributed by atoms with Gasteiger partial charge in [0.25, 0.3) is 5.91 Å². The molecule has 0 saturated carbocycles. The van der Waals surface area contributed by atoms with E-state index in [-0.39, 0.29) is 29.3 Å². The van der Waals surface area contributed by atoms with Crippen molar-refractivity contribution >= 4 is 33.2 Å². The first-order chi connectivity index (χ1) is 14.7. The van der Waals surface area contributed by atoms with Crippen LogP contribution in [0.25, 0.3) is 0 Å². The third-order valence-electron chi connectivity index (χ3n) is 4.88. The quantitative estimate of drug-likeness (QED) is 0.617. The zero-order valence-corrected chi connectivity index (χ0v) is 19.3. The smallest absolute Gasteiger partial charge is 0.253 e. The molecule has 31 heavy (non-hydrogen) atoms. The summed E-state index contributed by atoms with van der Waals surface area (Å²) < 4.78 is 27.8. The molecule has 1 saturated heterocycles. The summed E-state index contributed by atoms with van der Waals surface area (Å²) >= 11 is 1.48. The molecule has 1 aromatic carbocycles. The van der Waals surface area contributed by atoms with E-state index >= 15 is 0 Å². The summed E-state index contributed by atoms with van der Waals surface area (Å²) in [5.74, 6) is -0.232. The highest BCUT2D eigenvalue weighted by atomic mass is 32.2. The molecule has 3 rings (SSSR count). The molecule has 10 heteroatoms. The van der Waals surface area contributed by atoms with Crippen LogP contribution in [-0.4, -0.2) is 68.8 Å². The molecule has 0 atom stereocenters. The molecule has 168 valence electrons. The number of sulfonamides is 1. The van der Waals surface area contributed by atoms with E-state index in [0.717, 1.165) is 4.88 Å². The Bertz CT molecular complexity index is 998. The van der Waals surface area contributed by atoms with E-state index in [4.69, 9.17) is 0 Å². The van der Waals surface area contributed by atoms with Crippen LogP contribution >= 0.6 is 11.3 Å². The van der Waals surface area contributed by atoms with Crippen molar-refractivity contribution in [2.75, 3.05) is 32.7 Å². The molecule has 1 fully saturated rings. The zero-order valence-electron chi connectivity index (χ0n) is 17.7. The number of thiophene rings is 1. The minimum atomic E-state index is -3.72. The van der Waals surface area contributed by atoms with E-state index in [1.54, 1.807) is 17.0 Å². The fourth-order valence-corrected chi connectivity index (χ4v) is 5.11. The van der Waals surface area contributed by atoms with Gasteiger partial charge < -0.3 is 10.2 Å². The van der Waals surface area contributed by atoms with Gasteiger partial charge in [-0.2, -0.15) is 0 Å². The Balaban J connectivity index is 1.58. The minimum absolute atomic E-state index is 0.0252. The van der Waals surface area contributed by atoms with Crippen molar-refractivity contribution in [3.05, 3.63) is 52.2 Å². The summed E-state index contributed by atoms with van der Waals surface area (Å²) in [5, 5.41) is 4.75. The van der Waals surface area contributed by atoms with Gasteiger partial charge in [0.2, 0.25) is 15.9 Å². The van der Waals surface area contributed by atoms with E-state index in [0.29, 0.717) is 38.3 Å². The second kappa shape index (κ2) is 10.4. The van der Waals surface area contributed by atoms with Crippen LogP contribution in [0, 0.1) is 0 Å². The number of hydrogen-bond donors (Lipinski definition) is 2. The summed E-state index contributed by atoms with van der Waals surface area (Å²) in [6, 6.07) is 9.94. The number of hydrogen-bond acceptors (Lipinski definition) is 6. The molecule has 1 aromatic heterocycles. The second-order valence-corrected chi connectivity index (χ2v) is 10.5. The van der Waals surface area contributed by atoms with Crippen molar-refractivity contribution in [3.63, 3.8) is 0 Å². The lowest BCUT2D eigenvalue weighted by Crippen LogP contribution is -2.51. The van der Waals surface area contributed by atoms with E-state index in [9.17, 15) is 18.0 Å². The number of piperazine rings is 1. The van der Waals surface area contributed by atoms with E-state index in [1.807, 2.05) is 36.3 Å². The van der Waals surface area contributed by atoms with Gasteiger partial charge in [0.05, 0.1) is 11.4 Å². The van der Waals surface area contributed by atoms with Crippen molar-refractivity contribution in [3.8, 4) is 0 Å². The lowest BCUT2D eigenvalue weighted by Gasteiger charge is -2.34. The topological polar surface area (TPSA) is 98.8 Å². The Morgan fingerprint density at radius 3 is 2.48 bits per heavy atom. The highest BCUT2D eigenvalue weighted by Gasteiger charge is 2.24. The summed E-state index contributed by atoms with van der Waals surface area (Å²) in [5.41, 5.74) is 0.338. The normalized spacial score (nSPS) is 15.3. The predicted molar refractivity (Wildman–Crippen MR) is 120 cm³/mol. The highest BCUT2D eigenvalue weighted by molar-refractivity contribution is 7.89. The molecule has 0 bridgehead atoms. The average molecular weight is 465 g/mol. The third kappa shape index (κ3) is 6.60. The number of carbonyl (C=O) groups excluding carboxylic acids is 2. The van der Waals surface area contributed by atoms with E-state index in [2.05, 4.69) is 10.0 Å². The van der Waals surface area contributed by atoms with Crippen molar-refractivity contribution in [2.45, 2.75) is 31.3 Å². The van der Waals surface area contributed by atoms with Gasteiger partial charge in [0.15, 0.2) is 0 Å². The largest absolute Gasteiger partial charge is 0.353 e. The van der Waals surface area contributed by atoms with Gasteiger partial charge in [-0.05, 0) is 43.5 Å². The Morgan fingerprint density at radius 2 is 1.84 bits per heavy atom. The van der Waals surface area contributed by atoms with Crippen molar-refractivity contribution in [1.29, 1.82) is 0 Å². The molecule has 2 aromatic rings. The van der Waals surface area contributed by atoms with E-state index in [1.165, 1.54) is 23.5 Å². The summed E-state index contributed by atoms with van der Waals surface area (Å²) in [4.78, 5) is 29.5. The lowest BCUT2D eigenvalue weighted by atomic mass is 10.2. The fourth-order valence-electron chi connectivity index (χ4n) is 3.32. The van der Waals surface area contributed by atoms with Gasteiger partial charge >= 0.3 is 0 Å². The molecule has 8 nitrogen and oxygen atoms in total. The highest BCUT2D eigenvalue weighted by Crippen LogP contribution is 2.16. The maximum atomic E-state index is 12.9. The molecule has 0 aliphatic carbocycles. The zero-order chi connectivity index (χ0) is 22.4. The Kier molecular flexibility index (Phi) is 7.82. The molecule has 2 N–H and O–H groups in total. The summed E-state index contributed by atoms with van der Waals surface area (Å²) in [6.45, 7) is 6.52. The summed E-state index contributed by atoms with van der Waals surface area (Å²) in [7, 11) is -3.72. The number of nitrogens with zero attached hydrogens (tertiary/aromatic N) is 2. The van der Waals surface area contributed by atoms with Crippen LogP contribution in [0.15, 0.2) is 46.7 Å². The number of nitrogens with one attached hydrogen (secondary N) is 2. The first-order valence-corrected chi connectivity index (χ1v) is 12.5. The van der Waals surface area contributed by atoms with Crippen LogP contribution < -0.4 is 10.0 Å². The first-order valence-electron chi connectivity index (χ1n) is 10.2. The second-order valence-electron chi connectivity index (χ2n) is 7.72. The molecular formula is C21H28N4O4S2. The molecular weight excluding hydrogens is 436 g/mol. The van der Waals surface area contributed by atoms with Gasteiger partial charge in [-0.25, -0.2) is 13.1 Å². The predicted octanol–water partition coefficient (Wildman–Crippen LogP) is 1.51. The Labute approximate surface area is 187 Å². The molecule has 1 aliphatic rings. The van der Waals surface area contributed by atoms with Crippen molar-refractivity contribution in [2.24, 2.45) is 0 Å². The third-order valence-corrected chi connectivity index (χ3v) is 7.16. The van der Waals surface area contributed by atoms with Gasteiger partial charge in [-0.1, -0.05) is 12.1 Å². The maximum absolute atomic E-state index is 12.9. The molecule has 0 spiro atoms. The fraction of sp³-hybridized carbons (Fsp3) is 0.429. The van der Waals surface area contributed by atoms with Crippen LogP contribution in [0.1, 0.15) is 29.1 Å². The molecule has 1 aliphatic heterocycles. The summed E-state index contributed by atoms with van der Waals surface area (Å²) in [6.07, 6.45) is 0. The SMILES string of the molecule is CC(C)NC(=O)CN1CCN(C(=O)c2cccc(S(=O)(=O)NCc3cccs3)c2)CC1. The molecule has 2 heterocycles. The number of carbonyl (C=O) groups is 2. The lowest BCUT2D eigenvalue weighted by molar-refractivity contribution is -0.123. The first kappa shape index (κ1) is 23.4. The van der Waals surface area contributed by atoms with Crippen molar-refractivity contribution in [1.82, 2.24) is 19.8 Å². The van der Waals surface area contributed by atoms with Gasteiger partial charge in [0.1, 0.15) is 0 Å². The van der Waals surface area contributed by atoms with Gasteiger partial charge in [-0.15, -0.1) is 11.3 Å².